The van der Waals surface area contributed by atoms with E-state index in [1.54, 1.807) is 18.3 Å². The topological polar surface area (TPSA) is 38.9 Å². The number of nitrogens with two attached hydrogens (primary N) is 1. The molecule has 1 aromatic heterocycles. The molecule has 2 N–H and O–H groups in total. The molecule has 0 bridgehead atoms. The van der Waals surface area contributed by atoms with Gasteiger partial charge in [-0.25, -0.2) is 8.78 Å². The van der Waals surface area contributed by atoms with Crippen molar-refractivity contribution in [3.05, 3.63) is 42.1 Å². The zero-order valence-corrected chi connectivity index (χ0v) is 9.16. The monoisotopic (exact) mass is 234 g/mol. The van der Waals surface area contributed by atoms with Gasteiger partial charge in [0.05, 0.1) is 10.9 Å². The van der Waals surface area contributed by atoms with E-state index in [-0.39, 0.29) is 13.0 Å². The zero-order valence-electron chi connectivity index (χ0n) is 9.16. The lowest BCUT2D eigenvalue weighted by atomic mass is 9.94. The molecular formula is C13H12F2N2. The number of fused-ring (bicyclic) bond motifs is 1. The smallest absolute Gasteiger partial charge is 0.260 e. The van der Waals surface area contributed by atoms with Crippen LogP contribution in [0, 0.1) is 0 Å². The molecule has 1 unspecified atom stereocenters. The Labute approximate surface area is 97.5 Å². The largest absolute Gasteiger partial charge is 0.329 e. The number of alkyl halides is 2. The molecule has 1 heterocycles. The maximum atomic E-state index is 13.4. The van der Waals surface area contributed by atoms with E-state index in [1.807, 2.05) is 18.2 Å². The zero-order chi connectivity index (χ0) is 12.1. The Morgan fingerprint density at radius 3 is 2.71 bits per heavy atom. The van der Waals surface area contributed by atoms with Gasteiger partial charge >= 0.3 is 0 Å². The molecule has 1 aromatic carbocycles. The highest BCUT2D eigenvalue weighted by Crippen LogP contribution is 2.61. The summed E-state index contributed by atoms with van der Waals surface area (Å²) in [6.45, 7) is -0.0294. The van der Waals surface area contributed by atoms with E-state index in [4.69, 9.17) is 5.73 Å². The van der Waals surface area contributed by atoms with Gasteiger partial charge in [0.2, 0.25) is 0 Å². The van der Waals surface area contributed by atoms with Crippen molar-refractivity contribution in [2.24, 2.45) is 5.73 Å². The molecule has 0 amide bonds. The molecule has 1 aliphatic carbocycles. The summed E-state index contributed by atoms with van der Waals surface area (Å²) in [5.41, 5.74) is 5.68. The number of benzene rings is 1. The number of aromatic nitrogens is 1. The van der Waals surface area contributed by atoms with Gasteiger partial charge in [-0.1, -0.05) is 18.2 Å². The molecule has 0 spiro atoms. The predicted octanol–water partition coefficient (Wildman–Crippen LogP) is 2.47. The van der Waals surface area contributed by atoms with Crippen molar-refractivity contribution in [2.75, 3.05) is 6.54 Å². The lowest BCUT2D eigenvalue weighted by Crippen LogP contribution is -2.26. The van der Waals surface area contributed by atoms with Crippen LogP contribution in [0.5, 0.6) is 0 Å². The van der Waals surface area contributed by atoms with E-state index in [2.05, 4.69) is 4.98 Å². The molecule has 0 aliphatic heterocycles. The van der Waals surface area contributed by atoms with Crippen molar-refractivity contribution < 1.29 is 8.78 Å². The van der Waals surface area contributed by atoms with Gasteiger partial charge in [0, 0.05) is 24.5 Å². The van der Waals surface area contributed by atoms with Gasteiger partial charge in [-0.15, -0.1) is 0 Å². The van der Waals surface area contributed by atoms with Crippen LogP contribution in [-0.2, 0) is 5.41 Å². The summed E-state index contributed by atoms with van der Waals surface area (Å²) in [6, 6.07) is 9.02. The Kier molecular flexibility index (Phi) is 2.01. The number of rotatable bonds is 2. The molecule has 1 fully saturated rings. The fourth-order valence-corrected chi connectivity index (χ4v) is 2.35. The molecular weight excluding hydrogens is 222 g/mol. The van der Waals surface area contributed by atoms with Crippen molar-refractivity contribution >= 4 is 10.9 Å². The quantitative estimate of drug-likeness (QED) is 0.867. The predicted molar refractivity (Wildman–Crippen MR) is 62.0 cm³/mol. The fraction of sp³-hybridized carbons (Fsp3) is 0.308. The number of halogens is 2. The first kappa shape index (κ1) is 10.6. The molecule has 0 radical (unpaired) electrons. The minimum atomic E-state index is -2.68. The van der Waals surface area contributed by atoms with Gasteiger partial charge in [-0.2, -0.15) is 0 Å². The van der Waals surface area contributed by atoms with Crippen LogP contribution in [0.15, 0.2) is 36.5 Å². The molecule has 1 atom stereocenters. The number of hydrogen-bond acceptors (Lipinski definition) is 2. The van der Waals surface area contributed by atoms with Crippen LogP contribution < -0.4 is 5.73 Å². The van der Waals surface area contributed by atoms with Crippen molar-refractivity contribution in [3.8, 4) is 0 Å². The van der Waals surface area contributed by atoms with Crippen LogP contribution in [0.1, 0.15) is 12.0 Å². The fourth-order valence-electron chi connectivity index (χ4n) is 2.35. The molecule has 17 heavy (non-hydrogen) atoms. The van der Waals surface area contributed by atoms with Crippen LogP contribution >= 0.6 is 0 Å². The molecule has 2 nitrogen and oxygen atoms in total. The molecule has 88 valence electrons. The summed E-state index contributed by atoms with van der Waals surface area (Å²) in [7, 11) is 0. The van der Waals surface area contributed by atoms with Gasteiger partial charge in [0.15, 0.2) is 0 Å². The summed E-state index contributed by atoms with van der Waals surface area (Å²) in [5.74, 6) is -2.68. The van der Waals surface area contributed by atoms with E-state index in [0.29, 0.717) is 5.56 Å². The average molecular weight is 234 g/mol. The summed E-state index contributed by atoms with van der Waals surface area (Å²) >= 11 is 0. The summed E-state index contributed by atoms with van der Waals surface area (Å²) in [6.07, 6.45) is 1.50. The molecule has 1 saturated carbocycles. The second-order valence-corrected chi connectivity index (χ2v) is 4.58. The third kappa shape index (κ3) is 1.37. The Morgan fingerprint density at radius 2 is 2.06 bits per heavy atom. The molecule has 0 saturated heterocycles. The first-order valence-corrected chi connectivity index (χ1v) is 5.52. The van der Waals surface area contributed by atoms with Crippen LogP contribution in [0.2, 0.25) is 0 Å². The number of pyridine rings is 1. The van der Waals surface area contributed by atoms with Gasteiger partial charge < -0.3 is 5.73 Å². The number of nitrogens with zero attached hydrogens (tertiary/aromatic N) is 1. The van der Waals surface area contributed by atoms with E-state index < -0.39 is 11.3 Å². The van der Waals surface area contributed by atoms with Crippen LogP contribution in [0.3, 0.4) is 0 Å². The lowest BCUT2D eigenvalue weighted by Gasteiger charge is -2.14. The second kappa shape index (κ2) is 3.23. The minimum Gasteiger partial charge on any atom is -0.329 e. The average Bonchev–Trinajstić information content (AvgIpc) is 2.92. The maximum Gasteiger partial charge on any atom is 0.260 e. The van der Waals surface area contributed by atoms with Crippen molar-refractivity contribution in [3.63, 3.8) is 0 Å². The second-order valence-electron chi connectivity index (χ2n) is 4.58. The Bertz CT molecular complexity index is 582. The van der Waals surface area contributed by atoms with Gasteiger partial charge in [0.1, 0.15) is 0 Å². The van der Waals surface area contributed by atoms with Crippen molar-refractivity contribution in [2.45, 2.75) is 17.8 Å². The SMILES string of the molecule is NCC1(c2ccc3cccnc3c2)CC1(F)F. The normalized spacial score (nSPS) is 26.1. The first-order valence-electron chi connectivity index (χ1n) is 5.52. The van der Waals surface area contributed by atoms with E-state index in [9.17, 15) is 8.78 Å². The van der Waals surface area contributed by atoms with Crippen molar-refractivity contribution in [1.29, 1.82) is 0 Å². The van der Waals surface area contributed by atoms with Crippen LogP contribution in [-0.4, -0.2) is 17.5 Å². The Hall–Kier alpha value is -1.55. The van der Waals surface area contributed by atoms with E-state index >= 15 is 0 Å². The van der Waals surface area contributed by atoms with Crippen LogP contribution in [0.25, 0.3) is 10.9 Å². The highest BCUT2D eigenvalue weighted by Gasteiger charge is 2.71. The van der Waals surface area contributed by atoms with Crippen LogP contribution in [0.4, 0.5) is 8.78 Å². The minimum absolute atomic E-state index is 0.0294. The maximum absolute atomic E-state index is 13.4. The summed E-state index contributed by atoms with van der Waals surface area (Å²) in [5, 5.41) is 0.951. The Morgan fingerprint density at radius 1 is 1.29 bits per heavy atom. The molecule has 2 aromatic rings. The molecule has 1 aliphatic rings. The summed E-state index contributed by atoms with van der Waals surface area (Å²) in [4.78, 5) is 4.18. The van der Waals surface area contributed by atoms with E-state index in [0.717, 1.165) is 10.9 Å². The summed E-state index contributed by atoms with van der Waals surface area (Å²) < 4.78 is 26.9. The van der Waals surface area contributed by atoms with Gasteiger partial charge in [0.25, 0.3) is 5.92 Å². The standard InChI is InChI=1S/C13H12F2N2/c14-13(15)7-12(13,8-16)10-4-3-9-2-1-5-17-11(9)6-10/h1-6H,7-8,16H2. The van der Waals surface area contributed by atoms with Crippen molar-refractivity contribution in [1.82, 2.24) is 4.98 Å². The molecule has 3 rings (SSSR count). The van der Waals surface area contributed by atoms with Gasteiger partial charge in [-0.3, -0.25) is 4.98 Å². The first-order chi connectivity index (χ1) is 8.09. The number of hydrogen-bond donors (Lipinski definition) is 1. The van der Waals surface area contributed by atoms with Gasteiger partial charge in [-0.05, 0) is 17.7 Å². The third-order valence-corrected chi connectivity index (χ3v) is 3.61. The lowest BCUT2D eigenvalue weighted by molar-refractivity contribution is 0.0896. The highest BCUT2D eigenvalue weighted by atomic mass is 19.3. The Balaban J connectivity index is 2.13. The third-order valence-electron chi connectivity index (χ3n) is 3.61. The highest BCUT2D eigenvalue weighted by molar-refractivity contribution is 5.79. The van der Waals surface area contributed by atoms with E-state index in [1.165, 1.54) is 0 Å². The molecule has 4 heteroatoms.